The second kappa shape index (κ2) is 7.98. The molecule has 2 rings (SSSR count). The SMILES string of the molecule is CCc1ccccc1N/C=C(/C#N)C(=O)Nc1ccc(C)cc1C. The van der Waals surface area contributed by atoms with E-state index in [9.17, 15) is 10.1 Å². The molecule has 0 aliphatic heterocycles. The number of carbonyl (C=O) groups is 1. The van der Waals surface area contributed by atoms with E-state index in [4.69, 9.17) is 0 Å². The Morgan fingerprint density at radius 2 is 1.92 bits per heavy atom. The predicted molar refractivity (Wildman–Crippen MR) is 97.7 cm³/mol. The third-order valence-electron chi connectivity index (χ3n) is 3.77. The number of amides is 1. The first kappa shape index (κ1) is 17.3. The molecule has 0 spiro atoms. The Morgan fingerprint density at radius 3 is 2.58 bits per heavy atom. The van der Waals surface area contributed by atoms with Gasteiger partial charge < -0.3 is 10.6 Å². The Kier molecular flexibility index (Phi) is 5.75. The van der Waals surface area contributed by atoms with Gasteiger partial charge in [-0.15, -0.1) is 0 Å². The number of benzene rings is 2. The number of hydrogen-bond donors (Lipinski definition) is 2. The molecular weight excluding hydrogens is 298 g/mol. The number of nitrogens with one attached hydrogen (secondary N) is 2. The number of para-hydroxylation sites is 1. The summed E-state index contributed by atoms with van der Waals surface area (Å²) in [6.07, 6.45) is 2.32. The lowest BCUT2D eigenvalue weighted by atomic mass is 10.1. The van der Waals surface area contributed by atoms with E-state index in [1.54, 1.807) is 0 Å². The molecule has 0 saturated carbocycles. The zero-order valence-corrected chi connectivity index (χ0v) is 14.2. The van der Waals surface area contributed by atoms with E-state index < -0.39 is 5.91 Å². The molecule has 0 aliphatic rings. The summed E-state index contributed by atoms with van der Waals surface area (Å²) < 4.78 is 0. The lowest BCUT2D eigenvalue weighted by molar-refractivity contribution is -0.112. The third-order valence-corrected chi connectivity index (χ3v) is 3.77. The maximum atomic E-state index is 12.3. The van der Waals surface area contributed by atoms with E-state index >= 15 is 0 Å². The van der Waals surface area contributed by atoms with Crippen molar-refractivity contribution < 1.29 is 4.79 Å². The average molecular weight is 319 g/mol. The molecule has 0 aliphatic carbocycles. The van der Waals surface area contributed by atoms with Crippen molar-refractivity contribution in [3.63, 3.8) is 0 Å². The summed E-state index contributed by atoms with van der Waals surface area (Å²) in [5.74, 6) is -0.425. The fourth-order valence-electron chi connectivity index (χ4n) is 2.41. The van der Waals surface area contributed by atoms with Gasteiger partial charge in [0.05, 0.1) is 0 Å². The molecule has 0 atom stereocenters. The quantitative estimate of drug-likeness (QED) is 0.637. The lowest BCUT2D eigenvalue weighted by Crippen LogP contribution is -2.15. The molecule has 1 amide bonds. The van der Waals surface area contributed by atoms with E-state index in [0.717, 1.165) is 28.8 Å². The molecule has 0 heterocycles. The van der Waals surface area contributed by atoms with Crippen LogP contribution in [0.4, 0.5) is 11.4 Å². The van der Waals surface area contributed by atoms with Gasteiger partial charge in [0.25, 0.3) is 5.91 Å². The topological polar surface area (TPSA) is 64.9 Å². The molecule has 2 aromatic rings. The summed E-state index contributed by atoms with van der Waals surface area (Å²) in [5, 5.41) is 15.1. The normalized spacial score (nSPS) is 10.8. The second-order valence-corrected chi connectivity index (χ2v) is 5.60. The molecule has 0 radical (unpaired) electrons. The van der Waals surface area contributed by atoms with Gasteiger partial charge in [0.2, 0.25) is 0 Å². The first-order valence-electron chi connectivity index (χ1n) is 7.88. The van der Waals surface area contributed by atoms with E-state index in [0.29, 0.717) is 5.69 Å². The Morgan fingerprint density at radius 1 is 1.17 bits per heavy atom. The Balaban J connectivity index is 2.15. The van der Waals surface area contributed by atoms with E-state index in [1.165, 1.54) is 6.20 Å². The number of aryl methyl sites for hydroxylation is 3. The van der Waals surface area contributed by atoms with Gasteiger partial charge in [-0.3, -0.25) is 4.79 Å². The highest BCUT2D eigenvalue weighted by molar-refractivity contribution is 6.07. The van der Waals surface area contributed by atoms with Gasteiger partial charge in [-0.05, 0) is 43.5 Å². The van der Waals surface area contributed by atoms with Crippen LogP contribution in [0.2, 0.25) is 0 Å². The van der Waals surface area contributed by atoms with Crippen molar-refractivity contribution >= 4 is 17.3 Å². The van der Waals surface area contributed by atoms with Crippen LogP contribution in [0.3, 0.4) is 0 Å². The monoisotopic (exact) mass is 319 g/mol. The molecule has 0 unspecified atom stereocenters. The fourth-order valence-corrected chi connectivity index (χ4v) is 2.41. The van der Waals surface area contributed by atoms with Crippen molar-refractivity contribution in [3.05, 3.63) is 70.9 Å². The van der Waals surface area contributed by atoms with E-state index in [-0.39, 0.29) is 5.57 Å². The second-order valence-electron chi connectivity index (χ2n) is 5.60. The van der Waals surface area contributed by atoms with Crippen LogP contribution < -0.4 is 10.6 Å². The molecular formula is C20H21N3O. The standard InChI is InChI=1S/C20H21N3O/c1-4-16-7-5-6-8-19(16)22-13-17(12-21)20(24)23-18-10-9-14(2)11-15(18)3/h5-11,13,22H,4H2,1-3H3,(H,23,24)/b17-13-. The summed E-state index contributed by atoms with van der Waals surface area (Å²) in [7, 11) is 0. The van der Waals surface area contributed by atoms with Crippen LogP contribution in [0.15, 0.2) is 54.2 Å². The third kappa shape index (κ3) is 4.23. The summed E-state index contributed by atoms with van der Waals surface area (Å²) in [4.78, 5) is 12.3. The summed E-state index contributed by atoms with van der Waals surface area (Å²) in [6, 6.07) is 15.5. The van der Waals surface area contributed by atoms with E-state index in [2.05, 4.69) is 17.6 Å². The van der Waals surface area contributed by atoms with Crippen LogP contribution in [0.5, 0.6) is 0 Å². The van der Waals surface area contributed by atoms with Gasteiger partial charge in [0, 0.05) is 17.6 Å². The molecule has 122 valence electrons. The summed E-state index contributed by atoms with van der Waals surface area (Å²) in [6.45, 7) is 5.98. The van der Waals surface area contributed by atoms with Crippen LogP contribution >= 0.6 is 0 Å². The zero-order valence-electron chi connectivity index (χ0n) is 14.2. The van der Waals surface area contributed by atoms with Gasteiger partial charge in [-0.2, -0.15) is 5.26 Å². The van der Waals surface area contributed by atoms with Crippen molar-refractivity contribution in [2.24, 2.45) is 0 Å². The number of nitrogens with zero attached hydrogens (tertiary/aromatic N) is 1. The highest BCUT2D eigenvalue weighted by Crippen LogP contribution is 2.18. The minimum Gasteiger partial charge on any atom is -0.360 e. The zero-order chi connectivity index (χ0) is 17.5. The smallest absolute Gasteiger partial charge is 0.267 e. The van der Waals surface area contributed by atoms with Gasteiger partial charge in [0.15, 0.2) is 0 Å². The summed E-state index contributed by atoms with van der Waals surface area (Å²) >= 11 is 0. The largest absolute Gasteiger partial charge is 0.360 e. The first-order chi connectivity index (χ1) is 11.5. The van der Waals surface area contributed by atoms with E-state index in [1.807, 2.05) is 62.4 Å². The maximum Gasteiger partial charge on any atom is 0.267 e. The Labute approximate surface area is 142 Å². The van der Waals surface area contributed by atoms with Crippen molar-refractivity contribution in [3.8, 4) is 6.07 Å². The number of rotatable bonds is 5. The molecule has 2 N–H and O–H groups in total. The number of anilines is 2. The Bertz CT molecular complexity index is 816. The van der Waals surface area contributed by atoms with Crippen LogP contribution in [0.1, 0.15) is 23.6 Å². The molecule has 4 nitrogen and oxygen atoms in total. The van der Waals surface area contributed by atoms with Gasteiger partial charge in [0.1, 0.15) is 11.6 Å². The van der Waals surface area contributed by atoms with Crippen LogP contribution in [0.25, 0.3) is 0 Å². The predicted octanol–water partition coefficient (Wildman–Crippen LogP) is 4.32. The molecule has 0 saturated heterocycles. The number of nitriles is 1. The fraction of sp³-hybridized carbons (Fsp3) is 0.200. The lowest BCUT2D eigenvalue weighted by Gasteiger charge is -2.10. The maximum absolute atomic E-state index is 12.3. The van der Waals surface area contributed by atoms with Gasteiger partial charge in [-0.1, -0.05) is 42.8 Å². The molecule has 24 heavy (non-hydrogen) atoms. The molecule has 0 aromatic heterocycles. The van der Waals surface area contributed by atoms with Crippen molar-refractivity contribution in [2.75, 3.05) is 10.6 Å². The minimum atomic E-state index is -0.425. The first-order valence-corrected chi connectivity index (χ1v) is 7.88. The van der Waals surface area contributed by atoms with Gasteiger partial charge >= 0.3 is 0 Å². The van der Waals surface area contributed by atoms with Crippen LogP contribution in [-0.2, 0) is 11.2 Å². The van der Waals surface area contributed by atoms with Crippen molar-refractivity contribution in [1.29, 1.82) is 5.26 Å². The molecule has 0 fully saturated rings. The minimum absolute atomic E-state index is 0.0286. The number of carbonyl (C=O) groups excluding carboxylic acids is 1. The molecule has 4 heteroatoms. The highest BCUT2D eigenvalue weighted by Gasteiger charge is 2.11. The highest BCUT2D eigenvalue weighted by atomic mass is 16.1. The number of hydrogen-bond acceptors (Lipinski definition) is 3. The average Bonchev–Trinajstić information content (AvgIpc) is 2.58. The molecule has 0 bridgehead atoms. The van der Waals surface area contributed by atoms with Gasteiger partial charge in [-0.25, -0.2) is 0 Å². The van der Waals surface area contributed by atoms with Crippen molar-refractivity contribution in [1.82, 2.24) is 0 Å². The van der Waals surface area contributed by atoms with Crippen LogP contribution in [0, 0.1) is 25.2 Å². The molecule has 2 aromatic carbocycles. The summed E-state index contributed by atoms with van der Waals surface area (Å²) in [5.41, 5.74) is 4.85. The van der Waals surface area contributed by atoms with Crippen molar-refractivity contribution in [2.45, 2.75) is 27.2 Å². The Hall–Kier alpha value is -3.06. The van der Waals surface area contributed by atoms with Crippen LogP contribution in [-0.4, -0.2) is 5.91 Å².